The summed E-state index contributed by atoms with van der Waals surface area (Å²) in [6, 6.07) is 1.73. The maximum absolute atomic E-state index is 10.8. The van der Waals surface area contributed by atoms with Crippen molar-refractivity contribution in [3.8, 4) is 0 Å². The number of hydrogen-bond acceptors (Lipinski definition) is 3. The van der Waals surface area contributed by atoms with Crippen LogP contribution in [0.15, 0.2) is 29.1 Å². The maximum Gasteiger partial charge on any atom is 0.338 e. The van der Waals surface area contributed by atoms with Gasteiger partial charge in [0.25, 0.3) is 0 Å². The third-order valence-corrected chi connectivity index (χ3v) is 2.69. The van der Waals surface area contributed by atoms with Crippen molar-refractivity contribution in [2.45, 2.75) is 0 Å². The highest BCUT2D eigenvalue weighted by molar-refractivity contribution is 9.10. The molecule has 0 saturated heterocycles. The van der Waals surface area contributed by atoms with Gasteiger partial charge in [0.15, 0.2) is 0 Å². The van der Waals surface area contributed by atoms with E-state index in [2.05, 4.69) is 25.9 Å². The van der Waals surface area contributed by atoms with Crippen molar-refractivity contribution in [2.24, 2.45) is 0 Å². The summed E-state index contributed by atoms with van der Waals surface area (Å²) in [7, 11) is 0. The van der Waals surface area contributed by atoms with Gasteiger partial charge in [-0.05, 0) is 22.0 Å². The van der Waals surface area contributed by atoms with Crippen LogP contribution in [-0.2, 0) is 0 Å². The van der Waals surface area contributed by atoms with Gasteiger partial charge in [0.1, 0.15) is 0 Å². The Morgan fingerprint density at radius 2 is 2.21 bits per heavy atom. The average Bonchev–Trinajstić information content (AvgIpc) is 2.18. The van der Waals surface area contributed by atoms with E-state index in [1.807, 2.05) is 0 Å². The first-order valence-corrected chi connectivity index (χ1v) is 4.61. The summed E-state index contributed by atoms with van der Waals surface area (Å²) in [6.45, 7) is 0. The fourth-order valence-electron chi connectivity index (χ4n) is 1.15. The minimum absolute atomic E-state index is 0.144. The Bertz CT molecular complexity index is 513. The maximum atomic E-state index is 10.8. The van der Waals surface area contributed by atoms with E-state index in [4.69, 9.17) is 5.11 Å². The molecular formula is C9H5BrN2O2. The molecule has 0 aliphatic carbocycles. The Morgan fingerprint density at radius 3 is 2.93 bits per heavy atom. The molecule has 5 heteroatoms. The van der Waals surface area contributed by atoms with Crippen LogP contribution in [0.4, 0.5) is 0 Å². The molecule has 1 N–H and O–H groups in total. The van der Waals surface area contributed by atoms with E-state index < -0.39 is 5.97 Å². The van der Waals surface area contributed by atoms with E-state index in [1.54, 1.807) is 18.5 Å². The molecule has 0 radical (unpaired) electrons. The van der Waals surface area contributed by atoms with Crippen LogP contribution >= 0.6 is 15.9 Å². The average molecular weight is 253 g/mol. The van der Waals surface area contributed by atoms with Gasteiger partial charge in [-0.15, -0.1) is 0 Å². The lowest BCUT2D eigenvalue weighted by Crippen LogP contribution is -1.99. The van der Waals surface area contributed by atoms with Crippen molar-refractivity contribution in [2.75, 3.05) is 0 Å². The zero-order valence-electron chi connectivity index (χ0n) is 6.94. The quantitative estimate of drug-likeness (QED) is 0.845. The van der Waals surface area contributed by atoms with Crippen molar-refractivity contribution < 1.29 is 9.90 Å². The van der Waals surface area contributed by atoms with Crippen LogP contribution in [0, 0.1) is 0 Å². The number of aromatic nitrogens is 2. The number of carboxylic acids is 1. The second-order valence-corrected chi connectivity index (χ2v) is 3.48. The van der Waals surface area contributed by atoms with Crippen LogP contribution in [0.1, 0.15) is 10.4 Å². The fourth-order valence-corrected chi connectivity index (χ4v) is 1.73. The molecule has 70 valence electrons. The number of fused-ring (bicyclic) bond motifs is 1. The number of pyridine rings is 2. The smallest absolute Gasteiger partial charge is 0.338 e. The van der Waals surface area contributed by atoms with Crippen LogP contribution in [0.25, 0.3) is 10.9 Å². The molecule has 2 rings (SSSR count). The molecule has 4 nitrogen and oxygen atoms in total. The van der Waals surface area contributed by atoms with Gasteiger partial charge in [-0.3, -0.25) is 9.97 Å². The van der Waals surface area contributed by atoms with Crippen LogP contribution in [-0.4, -0.2) is 21.0 Å². The first-order valence-electron chi connectivity index (χ1n) is 3.81. The second kappa shape index (κ2) is 3.34. The molecule has 0 aromatic carbocycles. The standard InChI is InChI=1S/C9H5BrN2O2/c10-8-5-3-11-2-1-7(5)12-4-6(8)9(13)14/h1-4H,(H,13,14). The highest BCUT2D eigenvalue weighted by atomic mass is 79.9. The Hall–Kier alpha value is -1.49. The molecule has 2 aromatic rings. The Kier molecular flexibility index (Phi) is 2.17. The Labute approximate surface area is 87.7 Å². The molecule has 0 atom stereocenters. The third-order valence-electron chi connectivity index (χ3n) is 1.83. The summed E-state index contributed by atoms with van der Waals surface area (Å²) in [5.74, 6) is -1.00. The molecule has 0 saturated carbocycles. The third kappa shape index (κ3) is 1.35. The molecule has 2 heterocycles. The van der Waals surface area contributed by atoms with E-state index in [9.17, 15) is 4.79 Å². The van der Waals surface area contributed by atoms with E-state index in [0.29, 0.717) is 9.86 Å². The molecular weight excluding hydrogens is 248 g/mol. The molecule has 0 aliphatic heterocycles. The SMILES string of the molecule is O=C(O)c1cnc2ccncc2c1Br. The first-order chi connectivity index (χ1) is 6.70. The van der Waals surface area contributed by atoms with Crippen LogP contribution in [0.2, 0.25) is 0 Å². The lowest BCUT2D eigenvalue weighted by Gasteiger charge is -2.01. The minimum Gasteiger partial charge on any atom is -0.478 e. The number of aromatic carboxylic acids is 1. The largest absolute Gasteiger partial charge is 0.478 e. The van der Waals surface area contributed by atoms with Gasteiger partial charge in [-0.1, -0.05) is 0 Å². The zero-order valence-corrected chi connectivity index (χ0v) is 8.52. The molecule has 2 aromatic heterocycles. The number of hydrogen-bond donors (Lipinski definition) is 1. The van der Waals surface area contributed by atoms with E-state index in [0.717, 1.165) is 5.52 Å². The molecule has 0 bridgehead atoms. The molecule has 0 aliphatic rings. The summed E-state index contributed by atoms with van der Waals surface area (Å²) in [5, 5.41) is 9.54. The molecule has 0 amide bonds. The molecule has 14 heavy (non-hydrogen) atoms. The van der Waals surface area contributed by atoms with Gasteiger partial charge < -0.3 is 5.11 Å². The summed E-state index contributed by atoms with van der Waals surface area (Å²) in [4.78, 5) is 18.7. The number of nitrogens with zero attached hydrogens (tertiary/aromatic N) is 2. The first kappa shape index (κ1) is 9.08. The summed E-state index contributed by atoms with van der Waals surface area (Å²) in [5.41, 5.74) is 0.863. The van der Waals surface area contributed by atoms with Gasteiger partial charge >= 0.3 is 5.97 Å². The summed E-state index contributed by atoms with van der Waals surface area (Å²) < 4.78 is 0.517. The van der Waals surface area contributed by atoms with E-state index in [1.165, 1.54) is 6.20 Å². The summed E-state index contributed by atoms with van der Waals surface area (Å²) >= 11 is 3.22. The number of rotatable bonds is 1. The van der Waals surface area contributed by atoms with E-state index >= 15 is 0 Å². The van der Waals surface area contributed by atoms with Crippen molar-refractivity contribution >= 4 is 32.8 Å². The van der Waals surface area contributed by atoms with Crippen molar-refractivity contribution in [3.63, 3.8) is 0 Å². The fraction of sp³-hybridized carbons (Fsp3) is 0. The number of carbonyl (C=O) groups is 1. The highest BCUT2D eigenvalue weighted by Crippen LogP contribution is 2.24. The predicted octanol–water partition coefficient (Wildman–Crippen LogP) is 2.09. The normalized spacial score (nSPS) is 10.4. The minimum atomic E-state index is -1.00. The monoisotopic (exact) mass is 252 g/mol. The molecule has 0 fully saturated rings. The van der Waals surface area contributed by atoms with Gasteiger partial charge in [0, 0.05) is 28.4 Å². The van der Waals surface area contributed by atoms with Crippen LogP contribution in [0.3, 0.4) is 0 Å². The van der Waals surface area contributed by atoms with Gasteiger partial charge in [-0.2, -0.15) is 0 Å². The summed E-state index contributed by atoms with van der Waals surface area (Å²) in [6.07, 6.45) is 4.52. The predicted molar refractivity (Wildman–Crippen MR) is 54.2 cm³/mol. The Morgan fingerprint density at radius 1 is 1.43 bits per heavy atom. The van der Waals surface area contributed by atoms with Gasteiger partial charge in [0.05, 0.1) is 11.1 Å². The van der Waals surface area contributed by atoms with Gasteiger partial charge in [-0.25, -0.2) is 4.79 Å². The van der Waals surface area contributed by atoms with Crippen molar-refractivity contribution in [3.05, 3.63) is 34.7 Å². The zero-order chi connectivity index (χ0) is 10.1. The molecule has 0 unspecified atom stereocenters. The lowest BCUT2D eigenvalue weighted by molar-refractivity contribution is 0.0695. The van der Waals surface area contributed by atoms with E-state index in [-0.39, 0.29) is 5.56 Å². The molecule has 0 spiro atoms. The highest BCUT2D eigenvalue weighted by Gasteiger charge is 2.11. The number of halogens is 1. The van der Waals surface area contributed by atoms with Crippen molar-refractivity contribution in [1.29, 1.82) is 0 Å². The number of carboxylic acid groups (broad SMARTS) is 1. The Balaban J connectivity index is 2.81. The van der Waals surface area contributed by atoms with Crippen LogP contribution in [0.5, 0.6) is 0 Å². The van der Waals surface area contributed by atoms with Crippen molar-refractivity contribution in [1.82, 2.24) is 9.97 Å². The van der Waals surface area contributed by atoms with Gasteiger partial charge in [0.2, 0.25) is 0 Å². The lowest BCUT2D eigenvalue weighted by atomic mass is 10.2. The topological polar surface area (TPSA) is 63.1 Å². The second-order valence-electron chi connectivity index (χ2n) is 2.68. The van der Waals surface area contributed by atoms with Crippen LogP contribution < -0.4 is 0 Å².